The van der Waals surface area contributed by atoms with Crippen LogP contribution in [-0.2, 0) is 5.41 Å². The molecule has 0 unspecified atom stereocenters. The standard InChI is InChI=1S/C13H18ClNO/c1-13(2,3)9-6-7-10(11(14)8-9)12(16)15(4)5/h6-8H,1-5H3. The van der Waals surface area contributed by atoms with Gasteiger partial charge in [0.15, 0.2) is 0 Å². The van der Waals surface area contributed by atoms with E-state index in [1.54, 1.807) is 20.2 Å². The number of benzene rings is 1. The Morgan fingerprint density at radius 2 is 1.81 bits per heavy atom. The van der Waals surface area contributed by atoms with Crippen molar-refractivity contribution in [3.8, 4) is 0 Å². The fraction of sp³-hybridized carbons (Fsp3) is 0.462. The van der Waals surface area contributed by atoms with Crippen molar-refractivity contribution >= 4 is 17.5 Å². The summed E-state index contributed by atoms with van der Waals surface area (Å²) in [6.07, 6.45) is 0. The monoisotopic (exact) mass is 239 g/mol. The van der Waals surface area contributed by atoms with Gasteiger partial charge in [0.2, 0.25) is 0 Å². The number of amides is 1. The molecule has 0 radical (unpaired) electrons. The lowest BCUT2D eigenvalue weighted by Gasteiger charge is -2.20. The number of carbonyl (C=O) groups excluding carboxylic acids is 1. The largest absolute Gasteiger partial charge is 0.345 e. The topological polar surface area (TPSA) is 20.3 Å². The summed E-state index contributed by atoms with van der Waals surface area (Å²) >= 11 is 6.13. The average Bonchev–Trinajstić information content (AvgIpc) is 2.15. The highest BCUT2D eigenvalue weighted by Crippen LogP contribution is 2.27. The molecular weight excluding hydrogens is 222 g/mol. The molecule has 0 spiro atoms. The average molecular weight is 240 g/mol. The van der Waals surface area contributed by atoms with Gasteiger partial charge in [0.1, 0.15) is 0 Å². The molecule has 0 aliphatic heterocycles. The van der Waals surface area contributed by atoms with E-state index in [0.717, 1.165) is 5.56 Å². The molecule has 1 aromatic rings. The number of halogens is 1. The maximum atomic E-state index is 11.8. The van der Waals surface area contributed by atoms with Gasteiger partial charge in [-0.05, 0) is 23.1 Å². The molecule has 0 aliphatic rings. The summed E-state index contributed by atoms with van der Waals surface area (Å²) in [5.41, 5.74) is 1.73. The van der Waals surface area contributed by atoms with Crippen molar-refractivity contribution < 1.29 is 4.79 Å². The summed E-state index contributed by atoms with van der Waals surface area (Å²) in [5.74, 6) is -0.0644. The van der Waals surface area contributed by atoms with Gasteiger partial charge >= 0.3 is 0 Å². The zero-order valence-electron chi connectivity index (χ0n) is 10.5. The zero-order chi connectivity index (χ0) is 12.5. The minimum Gasteiger partial charge on any atom is -0.345 e. The van der Waals surface area contributed by atoms with E-state index in [9.17, 15) is 4.79 Å². The van der Waals surface area contributed by atoms with Crippen LogP contribution in [0.1, 0.15) is 36.7 Å². The Balaban J connectivity index is 3.15. The minimum absolute atomic E-state index is 0.0450. The quantitative estimate of drug-likeness (QED) is 0.736. The molecule has 0 heterocycles. The molecule has 88 valence electrons. The van der Waals surface area contributed by atoms with Crippen molar-refractivity contribution in [1.29, 1.82) is 0 Å². The van der Waals surface area contributed by atoms with E-state index in [2.05, 4.69) is 20.8 Å². The van der Waals surface area contributed by atoms with Crippen LogP contribution in [0.5, 0.6) is 0 Å². The van der Waals surface area contributed by atoms with E-state index in [1.165, 1.54) is 4.90 Å². The van der Waals surface area contributed by atoms with Crippen LogP contribution in [-0.4, -0.2) is 24.9 Å². The number of nitrogens with zero attached hydrogens (tertiary/aromatic N) is 1. The summed E-state index contributed by atoms with van der Waals surface area (Å²) in [5, 5.41) is 0.520. The highest BCUT2D eigenvalue weighted by molar-refractivity contribution is 6.33. The first kappa shape index (κ1) is 13.0. The minimum atomic E-state index is -0.0644. The second-order valence-electron chi connectivity index (χ2n) is 5.14. The summed E-state index contributed by atoms with van der Waals surface area (Å²) in [6.45, 7) is 6.35. The van der Waals surface area contributed by atoms with E-state index >= 15 is 0 Å². The Kier molecular flexibility index (Phi) is 3.64. The molecule has 3 heteroatoms. The van der Waals surface area contributed by atoms with Gasteiger partial charge in [0.25, 0.3) is 5.91 Å². The Morgan fingerprint density at radius 1 is 1.25 bits per heavy atom. The molecule has 1 aromatic carbocycles. The zero-order valence-corrected chi connectivity index (χ0v) is 11.2. The molecule has 0 aromatic heterocycles. The Labute approximate surface area is 102 Å². The summed E-state index contributed by atoms with van der Waals surface area (Å²) in [4.78, 5) is 13.3. The maximum absolute atomic E-state index is 11.8. The van der Waals surface area contributed by atoms with E-state index in [1.807, 2.05) is 12.1 Å². The van der Waals surface area contributed by atoms with Crippen molar-refractivity contribution in [1.82, 2.24) is 4.90 Å². The molecule has 2 nitrogen and oxygen atoms in total. The molecule has 0 bridgehead atoms. The van der Waals surface area contributed by atoms with Crippen LogP contribution in [0.4, 0.5) is 0 Å². The lowest BCUT2D eigenvalue weighted by molar-refractivity contribution is 0.0827. The van der Waals surface area contributed by atoms with Gasteiger partial charge in [-0.2, -0.15) is 0 Å². The third kappa shape index (κ3) is 2.76. The van der Waals surface area contributed by atoms with Crippen molar-refractivity contribution in [2.45, 2.75) is 26.2 Å². The molecule has 0 N–H and O–H groups in total. The molecule has 0 saturated carbocycles. The van der Waals surface area contributed by atoms with Crippen LogP contribution in [0, 0.1) is 0 Å². The fourth-order valence-electron chi connectivity index (χ4n) is 1.40. The van der Waals surface area contributed by atoms with Crippen LogP contribution in [0.15, 0.2) is 18.2 Å². The van der Waals surface area contributed by atoms with Crippen molar-refractivity contribution in [2.75, 3.05) is 14.1 Å². The van der Waals surface area contributed by atoms with E-state index < -0.39 is 0 Å². The number of carbonyl (C=O) groups is 1. The van der Waals surface area contributed by atoms with Gasteiger partial charge in [-0.15, -0.1) is 0 Å². The number of hydrogen-bond donors (Lipinski definition) is 0. The molecule has 0 aliphatic carbocycles. The first-order valence-corrected chi connectivity index (χ1v) is 5.63. The summed E-state index contributed by atoms with van der Waals surface area (Å²) < 4.78 is 0. The Morgan fingerprint density at radius 3 is 2.19 bits per heavy atom. The highest BCUT2D eigenvalue weighted by atomic mass is 35.5. The predicted octanol–water partition coefficient (Wildman–Crippen LogP) is 3.34. The molecule has 1 rings (SSSR count). The van der Waals surface area contributed by atoms with Gasteiger partial charge in [-0.25, -0.2) is 0 Å². The SMILES string of the molecule is CN(C)C(=O)c1ccc(C(C)(C)C)cc1Cl. The normalized spacial score (nSPS) is 11.4. The second-order valence-corrected chi connectivity index (χ2v) is 5.55. The van der Waals surface area contributed by atoms with Crippen LogP contribution in [0.25, 0.3) is 0 Å². The van der Waals surface area contributed by atoms with Gasteiger partial charge in [-0.3, -0.25) is 4.79 Å². The van der Waals surface area contributed by atoms with Crippen LogP contribution >= 0.6 is 11.6 Å². The molecule has 0 fully saturated rings. The third-order valence-electron chi connectivity index (χ3n) is 2.47. The lowest BCUT2D eigenvalue weighted by atomic mass is 9.86. The van der Waals surface area contributed by atoms with E-state index in [4.69, 9.17) is 11.6 Å². The van der Waals surface area contributed by atoms with Gasteiger partial charge in [-0.1, -0.05) is 38.4 Å². The second kappa shape index (κ2) is 4.46. The first-order chi connectivity index (χ1) is 7.23. The highest BCUT2D eigenvalue weighted by Gasteiger charge is 2.18. The van der Waals surface area contributed by atoms with Gasteiger partial charge < -0.3 is 4.90 Å². The first-order valence-electron chi connectivity index (χ1n) is 5.25. The van der Waals surface area contributed by atoms with Crippen molar-refractivity contribution in [3.05, 3.63) is 34.3 Å². The van der Waals surface area contributed by atoms with Crippen LogP contribution in [0.2, 0.25) is 5.02 Å². The van der Waals surface area contributed by atoms with Crippen LogP contribution < -0.4 is 0 Å². The predicted molar refractivity (Wildman–Crippen MR) is 68.2 cm³/mol. The summed E-state index contributed by atoms with van der Waals surface area (Å²) in [7, 11) is 3.44. The van der Waals surface area contributed by atoms with Gasteiger partial charge in [0.05, 0.1) is 10.6 Å². The Hall–Kier alpha value is -1.02. The fourth-order valence-corrected chi connectivity index (χ4v) is 1.66. The molecular formula is C13H18ClNO. The third-order valence-corrected chi connectivity index (χ3v) is 2.78. The number of rotatable bonds is 1. The van der Waals surface area contributed by atoms with Gasteiger partial charge in [0, 0.05) is 14.1 Å². The molecule has 1 amide bonds. The summed E-state index contributed by atoms with van der Waals surface area (Å²) in [6, 6.07) is 5.63. The number of hydrogen-bond acceptors (Lipinski definition) is 1. The lowest BCUT2D eigenvalue weighted by Crippen LogP contribution is -2.22. The Bertz CT molecular complexity index is 405. The smallest absolute Gasteiger partial charge is 0.254 e. The van der Waals surface area contributed by atoms with E-state index in [0.29, 0.717) is 10.6 Å². The maximum Gasteiger partial charge on any atom is 0.254 e. The molecule has 0 atom stereocenters. The van der Waals surface area contributed by atoms with E-state index in [-0.39, 0.29) is 11.3 Å². The van der Waals surface area contributed by atoms with Crippen LogP contribution in [0.3, 0.4) is 0 Å². The molecule has 0 saturated heterocycles. The molecule has 16 heavy (non-hydrogen) atoms. The van der Waals surface area contributed by atoms with Crippen molar-refractivity contribution in [2.24, 2.45) is 0 Å². The van der Waals surface area contributed by atoms with Crippen molar-refractivity contribution in [3.63, 3.8) is 0 Å².